The highest BCUT2D eigenvalue weighted by Gasteiger charge is 2.09. The zero-order valence-corrected chi connectivity index (χ0v) is 11.4. The van der Waals surface area contributed by atoms with E-state index in [4.69, 9.17) is 5.11 Å². The molecular weight excluding hydrogens is 222 g/mol. The predicted octanol–water partition coefficient (Wildman–Crippen LogP) is 2.81. The molecule has 1 aliphatic rings. The standard InChI is InChI=1S/C16H25NO/c1-14(13-18)16-7-5-15(6-8-16)9-12-17-10-3-2-4-11-17/h5-8,14,18H,2-4,9-13H2,1H3. The molecule has 1 aliphatic heterocycles. The van der Waals surface area contributed by atoms with Crippen LogP contribution in [0, 0.1) is 0 Å². The highest BCUT2D eigenvalue weighted by molar-refractivity contribution is 5.25. The van der Waals surface area contributed by atoms with Gasteiger partial charge in [0.15, 0.2) is 0 Å². The normalized spacial score (nSPS) is 18.8. The molecule has 1 aromatic rings. The van der Waals surface area contributed by atoms with E-state index in [9.17, 15) is 0 Å². The van der Waals surface area contributed by atoms with Crippen molar-refractivity contribution in [1.29, 1.82) is 0 Å². The maximum Gasteiger partial charge on any atom is 0.0497 e. The predicted molar refractivity (Wildman–Crippen MR) is 75.9 cm³/mol. The Labute approximate surface area is 111 Å². The number of benzene rings is 1. The number of piperidine rings is 1. The van der Waals surface area contributed by atoms with Gasteiger partial charge < -0.3 is 10.0 Å². The molecule has 1 aromatic carbocycles. The molecule has 2 nitrogen and oxygen atoms in total. The third-order valence-corrected chi connectivity index (χ3v) is 3.99. The van der Waals surface area contributed by atoms with Gasteiger partial charge in [-0.15, -0.1) is 0 Å². The second-order valence-corrected chi connectivity index (χ2v) is 5.48. The first-order chi connectivity index (χ1) is 8.79. The van der Waals surface area contributed by atoms with Gasteiger partial charge in [-0.3, -0.25) is 0 Å². The molecule has 1 unspecified atom stereocenters. The van der Waals surface area contributed by atoms with E-state index in [2.05, 4.69) is 36.1 Å². The molecule has 1 heterocycles. The number of hydrogen-bond donors (Lipinski definition) is 1. The van der Waals surface area contributed by atoms with Crippen LogP contribution in [0.3, 0.4) is 0 Å². The van der Waals surface area contributed by atoms with Crippen molar-refractivity contribution in [2.24, 2.45) is 0 Å². The number of rotatable bonds is 5. The summed E-state index contributed by atoms with van der Waals surface area (Å²) in [5.74, 6) is 0.251. The van der Waals surface area contributed by atoms with Gasteiger partial charge in [-0.25, -0.2) is 0 Å². The Morgan fingerprint density at radius 1 is 1.11 bits per heavy atom. The minimum absolute atomic E-state index is 0.229. The first kappa shape index (κ1) is 13.6. The second-order valence-electron chi connectivity index (χ2n) is 5.48. The first-order valence-electron chi connectivity index (χ1n) is 7.21. The van der Waals surface area contributed by atoms with Crippen molar-refractivity contribution < 1.29 is 5.11 Å². The van der Waals surface area contributed by atoms with Crippen LogP contribution in [0.15, 0.2) is 24.3 Å². The van der Waals surface area contributed by atoms with Crippen molar-refractivity contribution in [3.05, 3.63) is 35.4 Å². The molecule has 0 bridgehead atoms. The molecule has 1 fully saturated rings. The van der Waals surface area contributed by atoms with Gasteiger partial charge in [0.2, 0.25) is 0 Å². The lowest BCUT2D eigenvalue weighted by Gasteiger charge is -2.26. The Hall–Kier alpha value is -0.860. The molecule has 0 aliphatic carbocycles. The summed E-state index contributed by atoms with van der Waals surface area (Å²) in [6.07, 6.45) is 5.29. The molecule has 1 saturated heterocycles. The molecule has 100 valence electrons. The second kappa shape index (κ2) is 6.91. The minimum Gasteiger partial charge on any atom is -0.396 e. The van der Waals surface area contributed by atoms with Gasteiger partial charge in [0.1, 0.15) is 0 Å². The van der Waals surface area contributed by atoms with Crippen molar-refractivity contribution in [3.8, 4) is 0 Å². The highest BCUT2D eigenvalue weighted by Crippen LogP contribution is 2.16. The monoisotopic (exact) mass is 247 g/mol. The molecule has 2 heteroatoms. The summed E-state index contributed by atoms with van der Waals surface area (Å²) in [5.41, 5.74) is 2.65. The van der Waals surface area contributed by atoms with Crippen molar-refractivity contribution in [2.45, 2.75) is 38.5 Å². The Balaban J connectivity index is 1.82. The Bertz CT molecular complexity index is 341. The summed E-state index contributed by atoms with van der Waals surface area (Å²) < 4.78 is 0. The third-order valence-electron chi connectivity index (χ3n) is 3.99. The quantitative estimate of drug-likeness (QED) is 0.865. The van der Waals surface area contributed by atoms with Crippen LogP contribution in [0.5, 0.6) is 0 Å². The van der Waals surface area contributed by atoms with Gasteiger partial charge in [0.05, 0.1) is 0 Å². The fourth-order valence-electron chi connectivity index (χ4n) is 2.59. The van der Waals surface area contributed by atoms with Crippen LogP contribution in [0.4, 0.5) is 0 Å². The van der Waals surface area contributed by atoms with E-state index < -0.39 is 0 Å². The smallest absolute Gasteiger partial charge is 0.0497 e. The van der Waals surface area contributed by atoms with E-state index in [1.807, 2.05) is 0 Å². The van der Waals surface area contributed by atoms with Gasteiger partial charge in [0, 0.05) is 19.1 Å². The number of hydrogen-bond acceptors (Lipinski definition) is 2. The van der Waals surface area contributed by atoms with Crippen molar-refractivity contribution >= 4 is 0 Å². The van der Waals surface area contributed by atoms with Crippen LogP contribution in [-0.2, 0) is 6.42 Å². The van der Waals surface area contributed by atoms with E-state index in [0.29, 0.717) is 0 Å². The Morgan fingerprint density at radius 3 is 2.39 bits per heavy atom. The fourth-order valence-corrected chi connectivity index (χ4v) is 2.59. The summed E-state index contributed by atoms with van der Waals surface area (Å²) in [6, 6.07) is 8.75. The summed E-state index contributed by atoms with van der Waals surface area (Å²) in [5, 5.41) is 9.12. The molecule has 1 N–H and O–H groups in total. The largest absolute Gasteiger partial charge is 0.396 e. The zero-order chi connectivity index (χ0) is 12.8. The lowest BCUT2D eigenvalue weighted by Crippen LogP contribution is -2.31. The highest BCUT2D eigenvalue weighted by atomic mass is 16.3. The maximum atomic E-state index is 9.12. The molecule has 0 spiro atoms. The van der Waals surface area contributed by atoms with Crippen molar-refractivity contribution in [1.82, 2.24) is 4.90 Å². The Morgan fingerprint density at radius 2 is 1.78 bits per heavy atom. The van der Waals surface area contributed by atoms with Gasteiger partial charge in [-0.2, -0.15) is 0 Å². The molecule has 0 radical (unpaired) electrons. The van der Waals surface area contributed by atoms with E-state index in [-0.39, 0.29) is 12.5 Å². The first-order valence-corrected chi connectivity index (χ1v) is 7.21. The maximum absolute atomic E-state index is 9.12. The number of likely N-dealkylation sites (tertiary alicyclic amines) is 1. The summed E-state index contributed by atoms with van der Waals surface area (Å²) in [6.45, 7) is 6.03. The Kier molecular flexibility index (Phi) is 5.21. The average Bonchev–Trinajstić information content (AvgIpc) is 2.46. The fraction of sp³-hybridized carbons (Fsp3) is 0.625. The number of aliphatic hydroxyl groups is 1. The molecule has 0 amide bonds. The molecular formula is C16H25NO. The minimum atomic E-state index is 0.229. The van der Waals surface area contributed by atoms with E-state index in [1.165, 1.54) is 50.0 Å². The SMILES string of the molecule is CC(CO)c1ccc(CCN2CCCCC2)cc1. The lowest BCUT2D eigenvalue weighted by atomic mass is 10.00. The molecule has 0 aromatic heterocycles. The number of nitrogens with zero attached hydrogens (tertiary/aromatic N) is 1. The number of aliphatic hydroxyl groups excluding tert-OH is 1. The molecule has 18 heavy (non-hydrogen) atoms. The third kappa shape index (κ3) is 3.82. The van der Waals surface area contributed by atoms with E-state index in [0.717, 1.165) is 6.42 Å². The van der Waals surface area contributed by atoms with Crippen molar-refractivity contribution in [2.75, 3.05) is 26.2 Å². The zero-order valence-electron chi connectivity index (χ0n) is 11.4. The van der Waals surface area contributed by atoms with Gasteiger partial charge in [0.25, 0.3) is 0 Å². The van der Waals surface area contributed by atoms with Gasteiger partial charge in [-0.05, 0) is 43.5 Å². The topological polar surface area (TPSA) is 23.5 Å². The molecule has 2 rings (SSSR count). The lowest BCUT2D eigenvalue weighted by molar-refractivity contribution is 0.231. The van der Waals surface area contributed by atoms with E-state index >= 15 is 0 Å². The molecule has 1 atom stereocenters. The van der Waals surface area contributed by atoms with Crippen LogP contribution in [-0.4, -0.2) is 36.2 Å². The van der Waals surface area contributed by atoms with Gasteiger partial charge >= 0.3 is 0 Å². The summed E-state index contributed by atoms with van der Waals surface area (Å²) in [7, 11) is 0. The average molecular weight is 247 g/mol. The summed E-state index contributed by atoms with van der Waals surface area (Å²) in [4.78, 5) is 2.58. The van der Waals surface area contributed by atoms with Crippen molar-refractivity contribution in [3.63, 3.8) is 0 Å². The van der Waals surface area contributed by atoms with Crippen LogP contribution in [0.2, 0.25) is 0 Å². The van der Waals surface area contributed by atoms with Crippen LogP contribution in [0.25, 0.3) is 0 Å². The van der Waals surface area contributed by atoms with E-state index in [1.54, 1.807) is 0 Å². The molecule has 0 saturated carbocycles. The summed E-state index contributed by atoms with van der Waals surface area (Å²) >= 11 is 0. The van der Waals surface area contributed by atoms with Crippen LogP contribution in [0.1, 0.15) is 43.2 Å². The van der Waals surface area contributed by atoms with Crippen LogP contribution >= 0.6 is 0 Å². The van der Waals surface area contributed by atoms with Gasteiger partial charge in [-0.1, -0.05) is 37.6 Å². The van der Waals surface area contributed by atoms with Crippen LogP contribution < -0.4 is 0 Å².